The molecule has 2 aliphatic rings. The van der Waals surface area contributed by atoms with Gasteiger partial charge in [-0.15, -0.1) is 0 Å². The summed E-state index contributed by atoms with van der Waals surface area (Å²) in [5.74, 6) is 1.84. The highest BCUT2D eigenvalue weighted by Gasteiger charge is 2.32. The van der Waals surface area contributed by atoms with Crippen molar-refractivity contribution in [3.8, 4) is 0 Å². The summed E-state index contributed by atoms with van der Waals surface area (Å²) in [5, 5.41) is 6.45. The van der Waals surface area contributed by atoms with Crippen LogP contribution in [-0.4, -0.2) is 25.0 Å². The standard InChI is InChI=1S/C12H22N2O/c1-9-7-10(9)8-14-12(15)5-4-11-3-2-6-13-11/h9-11,13H,2-8H2,1H3,(H,14,15). The van der Waals surface area contributed by atoms with Crippen LogP contribution in [0.15, 0.2) is 0 Å². The van der Waals surface area contributed by atoms with Gasteiger partial charge in [-0.1, -0.05) is 6.92 Å². The fourth-order valence-corrected chi connectivity index (χ4v) is 2.33. The molecule has 0 aromatic heterocycles. The molecule has 1 aliphatic heterocycles. The van der Waals surface area contributed by atoms with E-state index in [1.54, 1.807) is 0 Å². The van der Waals surface area contributed by atoms with E-state index in [0.717, 1.165) is 31.3 Å². The summed E-state index contributed by atoms with van der Waals surface area (Å²) in [7, 11) is 0. The van der Waals surface area contributed by atoms with Crippen LogP contribution in [0.2, 0.25) is 0 Å². The molecular weight excluding hydrogens is 188 g/mol. The molecule has 3 heteroatoms. The number of carbonyl (C=O) groups is 1. The Morgan fingerprint density at radius 3 is 2.93 bits per heavy atom. The number of hydrogen-bond acceptors (Lipinski definition) is 2. The molecule has 0 radical (unpaired) electrons. The van der Waals surface area contributed by atoms with E-state index in [-0.39, 0.29) is 5.91 Å². The lowest BCUT2D eigenvalue weighted by Crippen LogP contribution is -2.28. The van der Waals surface area contributed by atoms with Crippen LogP contribution in [0.5, 0.6) is 0 Å². The topological polar surface area (TPSA) is 41.1 Å². The Bertz CT molecular complexity index is 224. The first kappa shape index (κ1) is 10.9. The Kier molecular flexibility index (Phi) is 3.62. The molecule has 1 amide bonds. The molecule has 0 aromatic carbocycles. The molecule has 1 aliphatic carbocycles. The van der Waals surface area contributed by atoms with Crippen LogP contribution in [0.3, 0.4) is 0 Å². The Balaban J connectivity index is 1.52. The number of nitrogens with one attached hydrogen (secondary N) is 2. The Labute approximate surface area is 92.0 Å². The van der Waals surface area contributed by atoms with Crippen molar-refractivity contribution in [3.63, 3.8) is 0 Å². The quantitative estimate of drug-likeness (QED) is 0.718. The first-order chi connectivity index (χ1) is 7.25. The van der Waals surface area contributed by atoms with Gasteiger partial charge in [-0.25, -0.2) is 0 Å². The molecule has 2 fully saturated rings. The van der Waals surface area contributed by atoms with Gasteiger partial charge < -0.3 is 10.6 Å². The third-order valence-electron chi connectivity index (χ3n) is 3.72. The largest absolute Gasteiger partial charge is 0.356 e. The second kappa shape index (κ2) is 4.97. The van der Waals surface area contributed by atoms with Crippen molar-refractivity contribution >= 4 is 5.91 Å². The summed E-state index contributed by atoms with van der Waals surface area (Å²) >= 11 is 0. The highest BCUT2D eigenvalue weighted by atomic mass is 16.1. The third-order valence-corrected chi connectivity index (χ3v) is 3.72. The van der Waals surface area contributed by atoms with E-state index in [4.69, 9.17) is 0 Å². The number of rotatable bonds is 5. The summed E-state index contributed by atoms with van der Waals surface area (Å²) in [6, 6.07) is 0.593. The van der Waals surface area contributed by atoms with E-state index in [1.165, 1.54) is 19.3 Å². The van der Waals surface area contributed by atoms with Crippen LogP contribution < -0.4 is 10.6 Å². The smallest absolute Gasteiger partial charge is 0.220 e. The normalized spacial score (nSPS) is 34.1. The molecule has 3 nitrogen and oxygen atoms in total. The Morgan fingerprint density at radius 1 is 1.53 bits per heavy atom. The fraction of sp³-hybridized carbons (Fsp3) is 0.917. The summed E-state index contributed by atoms with van der Waals surface area (Å²) in [6.07, 6.45) is 5.51. The summed E-state index contributed by atoms with van der Waals surface area (Å²) in [4.78, 5) is 11.5. The van der Waals surface area contributed by atoms with Crippen molar-refractivity contribution in [3.05, 3.63) is 0 Å². The van der Waals surface area contributed by atoms with Gasteiger partial charge >= 0.3 is 0 Å². The lowest BCUT2D eigenvalue weighted by molar-refractivity contribution is -0.121. The number of amides is 1. The predicted molar refractivity (Wildman–Crippen MR) is 60.5 cm³/mol. The summed E-state index contributed by atoms with van der Waals surface area (Å²) in [6.45, 7) is 4.28. The minimum Gasteiger partial charge on any atom is -0.356 e. The van der Waals surface area contributed by atoms with Crippen LogP contribution in [0.1, 0.15) is 39.0 Å². The van der Waals surface area contributed by atoms with Gasteiger partial charge in [-0.3, -0.25) is 4.79 Å². The van der Waals surface area contributed by atoms with Crippen molar-refractivity contribution in [1.82, 2.24) is 10.6 Å². The van der Waals surface area contributed by atoms with E-state index in [0.29, 0.717) is 12.5 Å². The van der Waals surface area contributed by atoms with Crippen molar-refractivity contribution in [2.24, 2.45) is 11.8 Å². The Hall–Kier alpha value is -0.570. The third kappa shape index (κ3) is 3.49. The van der Waals surface area contributed by atoms with Gasteiger partial charge in [-0.2, -0.15) is 0 Å². The Morgan fingerprint density at radius 2 is 2.33 bits per heavy atom. The maximum atomic E-state index is 11.5. The van der Waals surface area contributed by atoms with Gasteiger partial charge in [0.2, 0.25) is 5.91 Å². The first-order valence-corrected chi connectivity index (χ1v) is 6.26. The minimum atomic E-state index is 0.239. The zero-order chi connectivity index (χ0) is 10.7. The molecule has 1 saturated heterocycles. The molecule has 3 atom stereocenters. The highest BCUT2D eigenvalue weighted by Crippen LogP contribution is 2.36. The monoisotopic (exact) mass is 210 g/mol. The molecule has 0 bridgehead atoms. The molecule has 0 aromatic rings. The van der Waals surface area contributed by atoms with Crippen LogP contribution in [-0.2, 0) is 4.79 Å². The molecule has 2 N–H and O–H groups in total. The zero-order valence-electron chi connectivity index (χ0n) is 9.59. The van der Waals surface area contributed by atoms with Crippen LogP contribution >= 0.6 is 0 Å². The maximum Gasteiger partial charge on any atom is 0.220 e. The molecule has 15 heavy (non-hydrogen) atoms. The van der Waals surface area contributed by atoms with Crippen molar-refractivity contribution < 1.29 is 4.79 Å². The average molecular weight is 210 g/mol. The molecule has 0 spiro atoms. The van der Waals surface area contributed by atoms with E-state index < -0.39 is 0 Å². The van der Waals surface area contributed by atoms with Gasteiger partial charge in [0.25, 0.3) is 0 Å². The summed E-state index contributed by atoms with van der Waals surface area (Å²) in [5.41, 5.74) is 0. The van der Waals surface area contributed by atoms with Crippen molar-refractivity contribution in [2.75, 3.05) is 13.1 Å². The first-order valence-electron chi connectivity index (χ1n) is 6.26. The van der Waals surface area contributed by atoms with Crippen molar-refractivity contribution in [1.29, 1.82) is 0 Å². The molecule has 1 saturated carbocycles. The van der Waals surface area contributed by atoms with Gasteiger partial charge in [0.15, 0.2) is 0 Å². The molecular formula is C12H22N2O. The van der Waals surface area contributed by atoms with E-state index in [2.05, 4.69) is 17.6 Å². The molecule has 2 rings (SSSR count). The van der Waals surface area contributed by atoms with Crippen LogP contribution in [0, 0.1) is 11.8 Å². The highest BCUT2D eigenvalue weighted by molar-refractivity contribution is 5.75. The molecule has 1 heterocycles. The maximum absolute atomic E-state index is 11.5. The van der Waals surface area contributed by atoms with E-state index in [1.807, 2.05) is 0 Å². The van der Waals surface area contributed by atoms with Crippen molar-refractivity contribution in [2.45, 2.75) is 45.1 Å². The lowest BCUT2D eigenvalue weighted by atomic mass is 10.1. The van der Waals surface area contributed by atoms with E-state index >= 15 is 0 Å². The predicted octanol–water partition coefficient (Wildman–Crippen LogP) is 1.29. The summed E-state index contributed by atoms with van der Waals surface area (Å²) < 4.78 is 0. The van der Waals surface area contributed by atoms with Gasteiger partial charge in [-0.05, 0) is 44.1 Å². The van der Waals surface area contributed by atoms with Gasteiger partial charge in [0.1, 0.15) is 0 Å². The SMILES string of the molecule is CC1CC1CNC(=O)CCC1CCCN1. The molecule has 86 valence electrons. The minimum absolute atomic E-state index is 0.239. The zero-order valence-corrected chi connectivity index (χ0v) is 9.59. The number of hydrogen-bond donors (Lipinski definition) is 2. The lowest BCUT2D eigenvalue weighted by Gasteiger charge is -2.09. The second-order valence-corrected chi connectivity index (χ2v) is 5.11. The second-order valence-electron chi connectivity index (χ2n) is 5.11. The van der Waals surface area contributed by atoms with Crippen LogP contribution in [0.25, 0.3) is 0 Å². The van der Waals surface area contributed by atoms with Gasteiger partial charge in [0.05, 0.1) is 0 Å². The van der Waals surface area contributed by atoms with Crippen LogP contribution in [0.4, 0.5) is 0 Å². The average Bonchev–Trinajstić information content (AvgIpc) is 2.73. The van der Waals surface area contributed by atoms with E-state index in [9.17, 15) is 4.79 Å². The fourth-order valence-electron chi connectivity index (χ4n) is 2.33. The molecule has 3 unspecified atom stereocenters. The number of carbonyl (C=O) groups excluding carboxylic acids is 1. The van der Waals surface area contributed by atoms with Gasteiger partial charge in [0, 0.05) is 19.0 Å².